The second-order valence-corrected chi connectivity index (χ2v) is 9.10. The number of amides is 1. The first-order chi connectivity index (χ1) is 14.6. The Bertz CT molecular complexity index is 1140. The highest BCUT2D eigenvalue weighted by Gasteiger charge is 2.23. The minimum absolute atomic E-state index is 0.0726. The summed E-state index contributed by atoms with van der Waals surface area (Å²) in [6.45, 7) is 4.17. The van der Waals surface area contributed by atoms with Crippen LogP contribution < -0.4 is 5.32 Å². The third kappa shape index (κ3) is 4.81. The van der Waals surface area contributed by atoms with Gasteiger partial charge in [-0.25, -0.2) is 4.98 Å². The minimum Gasteiger partial charge on any atom is -0.301 e. The third-order valence-electron chi connectivity index (χ3n) is 4.73. The number of hydrogen-bond acceptors (Lipinski definition) is 4. The van der Waals surface area contributed by atoms with Crippen LogP contribution in [-0.2, 0) is 4.79 Å². The van der Waals surface area contributed by atoms with Crippen LogP contribution >= 0.6 is 23.1 Å². The van der Waals surface area contributed by atoms with E-state index in [0.717, 1.165) is 21.7 Å². The maximum absolute atomic E-state index is 13.2. The SMILES string of the molecule is Cc1ccc(-c2csc(NC(=O)C(Sc3ccccc3)c3ccccc3)n2)c(C)c1. The maximum atomic E-state index is 13.2. The van der Waals surface area contributed by atoms with Gasteiger partial charge in [0.05, 0.1) is 5.69 Å². The van der Waals surface area contributed by atoms with Crippen LogP contribution in [0, 0.1) is 13.8 Å². The molecule has 3 nitrogen and oxygen atoms in total. The Balaban J connectivity index is 1.56. The zero-order valence-corrected chi connectivity index (χ0v) is 18.5. The second kappa shape index (κ2) is 9.28. The molecule has 4 aromatic rings. The smallest absolute Gasteiger partial charge is 0.244 e. The fraction of sp³-hybridized carbons (Fsp3) is 0.120. The minimum atomic E-state index is -0.359. The van der Waals surface area contributed by atoms with Crippen LogP contribution in [0.2, 0.25) is 0 Å². The Labute approximate surface area is 185 Å². The zero-order valence-electron chi connectivity index (χ0n) is 16.8. The van der Waals surface area contributed by atoms with E-state index in [4.69, 9.17) is 0 Å². The standard InChI is InChI=1S/C25H22N2OS2/c1-17-13-14-21(18(2)15-17)22-16-29-25(26-22)27-24(28)23(19-9-5-3-6-10-19)30-20-11-7-4-8-12-20/h3-16,23H,1-2H3,(H,26,27,28). The molecule has 0 saturated carbocycles. The van der Waals surface area contributed by atoms with Crippen molar-refractivity contribution in [2.24, 2.45) is 0 Å². The van der Waals surface area contributed by atoms with Crippen molar-refractivity contribution in [2.75, 3.05) is 5.32 Å². The molecule has 1 heterocycles. The van der Waals surface area contributed by atoms with Crippen molar-refractivity contribution in [3.63, 3.8) is 0 Å². The molecule has 0 fully saturated rings. The Kier molecular flexibility index (Phi) is 6.31. The highest BCUT2D eigenvalue weighted by atomic mass is 32.2. The van der Waals surface area contributed by atoms with Crippen molar-refractivity contribution in [1.82, 2.24) is 4.98 Å². The van der Waals surface area contributed by atoms with Gasteiger partial charge in [0.15, 0.2) is 5.13 Å². The summed E-state index contributed by atoms with van der Waals surface area (Å²) in [6, 6.07) is 26.2. The van der Waals surface area contributed by atoms with Gasteiger partial charge in [-0.05, 0) is 37.1 Å². The van der Waals surface area contributed by atoms with Gasteiger partial charge in [0.2, 0.25) is 5.91 Å². The van der Waals surface area contributed by atoms with Crippen LogP contribution in [0.15, 0.2) is 89.1 Å². The maximum Gasteiger partial charge on any atom is 0.244 e. The van der Waals surface area contributed by atoms with Crippen LogP contribution in [0.4, 0.5) is 5.13 Å². The van der Waals surface area contributed by atoms with Gasteiger partial charge >= 0.3 is 0 Å². The van der Waals surface area contributed by atoms with E-state index in [0.29, 0.717) is 5.13 Å². The number of thiazole rings is 1. The van der Waals surface area contributed by atoms with E-state index in [1.807, 2.05) is 66.0 Å². The fourth-order valence-corrected chi connectivity index (χ4v) is 5.02. The first kappa shape index (κ1) is 20.4. The van der Waals surface area contributed by atoms with E-state index in [1.165, 1.54) is 22.5 Å². The molecule has 0 aliphatic rings. The summed E-state index contributed by atoms with van der Waals surface area (Å²) in [5.74, 6) is -0.0726. The van der Waals surface area contributed by atoms with Gasteiger partial charge in [0.25, 0.3) is 0 Å². The van der Waals surface area contributed by atoms with Crippen LogP contribution in [0.1, 0.15) is 21.9 Å². The first-order valence-electron chi connectivity index (χ1n) is 9.71. The lowest BCUT2D eigenvalue weighted by atomic mass is 10.0. The molecule has 3 aromatic carbocycles. The van der Waals surface area contributed by atoms with E-state index in [-0.39, 0.29) is 11.2 Å². The van der Waals surface area contributed by atoms with Crippen molar-refractivity contribution in [3.8, 4) is 11.3 Å². The number of aryl methyl sites for hydroxylation is 2. The van der Waals surface area contributed by atoms with Crippen molar-refractivity contribution < 1.29 is 4.79 Å². The third-order valence-corrected chi connectivity index (χ3v) is 6.75. The quantitative estimate of drug-likeness (QED) is 0.338. The highest BCUT2D eigenvalue weighted by molar-refractivity contribution is 8.00. The zero-order chi connectivity index (χ0) is 20.9. The Morgan fingerprint density at radius 1 is 0.967 bits per heavy atom. The van der Waals surface area contributed by atoms with Gasteiger partial charge in [-0.15, -0.1) is 23.1 Å². The summed E-state index contributed by atoms with van der Waals surface area (Å²) in [5.41, 5.74) is 5.36. The molecule has 1 aromatic heterocycles. The average molecular weight is 431 g/mol. The van der Waals surface area contributed by atoms with Gasteiger partial charge in [-0.2, -0.15) is 0 Å². The summed E-state index contributed by atoms with van der Waals surface area (Å²) >= 11 is 2.99. The van der Waals surface area contributed by atoms with E-state index >= 15 is 0 Å². The molecule has 1 N–H and O–H groups in total. The molecule has 0 spiro atoms. The number of thioether (sulfide) groups is 1. The molecule has 30 heavy (non-hydrogen) atoms. The molecule has 4 rings (SSSR count). The molecule has 0 aliphatic carbocycles. The van der Waals surface area contributed by atoms with E-state index in [2.05, 4.69) is 42.3 Å². The summed E-state index contributed by atoms with van der Waals surface area (Å²) in [6.07, 6.45) is 0. The van der Waals surface area contributed by atoms with Crippen LogP contribution in [0.25, 0.3) is 11.3 Å². The monoisotopic (exact) mass is 430 g/mol. The molecule has 5 heteroatoms. The van der Waals surface area contributed by atoms with Gasteiger partial charge in [0, 0.05) is 15.8 Å². The lowest BCUT2D eigenvalue weighted by Gasteiger charge is -2.16. The predicted octanol–water partition coefficient (Wildman–Crippen LogP) is 6.90. The molecule has 0 aliphatic heterocycles. The lowest BCUT2D eigenvalue weighted by molar-refractivity contribution is -0.115. The number of benzene rings is 3. The Morgan fingerprint density at radius 2 is 1.67 bits per heavy atom. The number of carbonyl (C=O) groups is 1. The normalized spacial score (nSPS) is 11.8. The number of nitrogens with zero attached hydrogens (tertiary/aromatic N) is 1. The topological polar surface area (TPSA) is 42.0 Å². The number of carbonyl (C=O) groups excluding carboxylic acids is 1. The van der Waals surface area contributed by atoms with Gasteiger partial charge < -0.3 is 5.32 Å². The van der Waals surface area contributed by atoms with E-state index in [1.54, 1.807) is 11.8 Å². The summed E-state index contributed by atoms with van der Waals surface area (Å²) in [5, 5.41) is 5.28. The van der Waals surface area contributed by atoms with Crippen molar-refractivity contribution in [2.45, 2.75) is 24.0 Å². The number of anilines is 1. The largest absolute Gasteiger partial charge is 0.301 e. The van der Waals surface area contributed by atoms with Crippen LogP contribution in [0.3, 0.4) is 0 Å². The molecule has 150 valence electrons. The number of nitrogens with one attached hydrogen (secondary N) is 1. The highest BCUT2D eigenvalue weighted by Crippen LogP contribution is 2.36. The van der Waals surface area contributed by atoms with Crippen molar-refractivity contribution in [3.05, 3.63) is 101 Å². The molecule has 0 radical (unpaired) electrons. The van der Waals surface area contributed by atoms with E-state index < -0.39 is 0 Å². The summed E-state index contributed by atoms with van der Waals surface area (Å²) in [4.78, 5) is 18.9. The number of aromatic nitrogens is 1. The van der Waals surface area contributed by atoms with Gasteiger partial charge in [0.1, 0.15) is 5.25 Å². The molecule has 1 atom stereocenters. The van der Waals surface area contributed by atoms with Crippen LogP contribution in [-0.4, -0.2) is 10.9 Å². The van der Waals surface area contributed by atoms with Crippen molar-refractivity contribution in [1.29, 1.82) is 0 Å². The molecular formula is C25H22N2OS2. The molecule has 1 amide bonds. The molecule has 1 unspecified atom stereocenters. The predicted molar refractivity (Wildman–Crippen MR) is 127 cm³/mol. The molecule has 0 bridgehead atoms. The second-order valence-electron chi connectivity index (χ2n) is 7.07. The Hall–Kier alpha value is -2.89. The van der Waals surface area contributed by atoms with E-state index in [9.17, 15) is 4.79 Å². The molecule has 0 saturated heterocycles. The van der Waals surface area contributed by atoms with Gasteiger partial charge in [-0.3, -0.25) is 4.79 Å². The fourth-order valence-electron chi connectivity index (χ4n) is 3.26. The van der Waals surface area contributed by atoms with Crippen LogP contribution in [0.5, 0.6) is 0 Å². The summed E-state index contributed by atoms with van der Waals surface area (Å²) in [7, 11) is 0. The molecular weight excluding hydrogens is 408 g/mol. The van der Waals surface area contributed by atoms with Crippen molar-refractivity contribution >= 4 is 34.1 Å². The first-order valence-corrected chi connectivity index (χ1v) is 11.5. The number of rotatable bonds is 6. The van der Waals surface area contributed by atoms with Gasteiger partial charge in [-0.1, -0.05) is 72.3 Å². The lowest BCUT2D eigenvalue weighted by Crippen LogP contribution is -2.18. The Morgan fingerprint density at radius 3 is 2.37 bits per heavy atom. The average Bonchev–Trinajstić information content (AvgIpc) is 3.21. The number of hydrogen-bond donors (Lipinski definition) is 1. The summed E-state index contributed by atoms with van der Waals surface area (Å²) < 4.78 is 0.